The van der Waals surface area contributed by atoms with Crippen LogP contribution in [-0.2, 0) is 19.1 Å². The van der Waals surface area contributed by atoms with Gasteiger partial charge in [0.2, 0.25) is 5.91 Å². The number of amides is 2. The number of nitrogens with zero attached hydrogens (tertiary/aromatic N) is 1. The Kier molecular flexibility index (Phi) is 5.95. The molecular weight excluding hydrogens is 344 g/mol. The molecule has 1 unspecified atom stereocenters. The van der Waals surface area contributed by atoms with Crippen LogP contribution in [0, 0.1) is 5.92 Å². The van der Waals surface area contributed by atoms with Gasteiger partial charge in [-0.05, 0) is 43.4 Å². The first kappa shape index (κ1) is 19.5. The molecule has 27 heavy (non-hydrogen) atoms. The first-order chi connectivity index (χ1) is 12.9. The summed E-state index contributed by atoms with van der Waals surface area (Å²) in [5.74, 6) is -0.289. The monoisotopic (exact) mass is 373 g/mol. The topological polar surface area (TPSA) is 68.1 Å². The predicted molar refractivity (Wildman–Crippen MR) is 101 cm³/mol. The second kappa shape index (κ2) is 8.21. The van der Waals surface area contributed by atoms with Crippen LogP contribution in [0.5, 0.6) is 0 Å². The molecule has 0 aliphatic carbocycles. The molecule has 6 heteroatoms. The van der Waals surface area contributed by atoms with Crippen LogP contribution in [0.25, 0.3) is 0 Å². The Balaban J connectivity index is 1.72. The van der Waals surface area contributed by atoms with Crippen molar-refractivity contribution in [3.05, 3.63) is 29.8 Å². The fourth-order valence-electron chi connectivity index (χ4n) is 4.10. The van der Waals surface area contributed by atoms with E-state index in [1.165, 1.54) is 10.5 Å². The van der Waals surface area contributed by atoms with Gasteiger partial charge in [0, 0.05) is 0 Å². The van der Waals surface area contributed by atoms with E-state index >= 15 is 0 Å². The van der Waals surface area contributed by atoms with E-state index in [1.807, 2.05) is 24.3 Å². The van der Waals surface area contributed by atoms with Gasteiger partial charge in [-0.25, -0.2) is 4.90 Å². The summed E-state index contributed by atoms with van der Waals surface area (Å²) in [5, 5.41) is 0. The van der Waals surface area contributed by atoms with Crippen molar-refractivity contribution < 1.29 is 24.0 Å². The molecule has 146 valence electrons. The largest absolute Gasteiger partial charge is 0.466 e. The van der Waals surface area contributed by atoms with Crippen LogP contribution < -0.4 is 9.80 Å². The molecule has 1 aromatic carbocycles. The lowest BCUT2D eigenvalue weighted by molar-refractivity contribution is -0.922. The fraction of sp³-hybridized carbons (Fsp3) is 0.571. The quantitative estimate of drug-likeness (QED) is 0.624. The summed E-state index contributed by atoms with van der Waals surface area (Å²) in [6.07, 6.45) is 1.85. The molecule has 6 nitrogen and oxygen atoms in total. The molecule has 0 aromatic heterocycles. The van der Waals surface area contributed by atoms with Crippen molar-refractivity contribution in [2.75, 3.05) is 24.6 Å². The van der Waals surface area contributed by atoms with Gasteiger partial charge in [0.05, 0.1) is 31.8 Å². The lowest BCUT2D eigenvalue weighted by Gasteiger charge is -2.31. The molecule has 0 spiro atoms. The number of carbonyl (C=O) groups is 3. The highest BCUT2D eigenvalue weighted by Crippen LogP contribution is 2.25. The number of piperidine rings is 1. The van der Waals surface area contributed by atoms with E-state index in [0.29, 0.717) is 24.8 Å². The average molecular weight is 373 g/mol. The number of carbonyl (C=O) groups excluding carboxylic acids is 3. The number of likely N-dealkylation sites (tertiary alicyclic amines) is 1. The van der Waals surface area contributed by atoms with Crippen LogP contribution in [0.3, 0.4) is 0 Å². The summed E-state index contributed by atoms with van der Waals surface area (Å²) >= 11 is 0. The van der Waals surface area contributed by atoms with E-state index in [1.54, 1.807) is 6.92 Å². The SMILES string of the molecule is CCOC(=O)[C@H]1CCC[NH+]([C@@H]2CC(=O)N(c3ccc(C(C)C)cc3)C2=O)C1. The Morgan fingerprint density at radius 1 is 1.26 bits per heavy atom. The molecular formula is C21H29N2O4+. The Labute approximate surface area is 160 Å². The molecule has 3 rings (SSSR count). The average Bonchev–Trinajstić information content (AvgIpc) is 2.96. The van der Waals surface area contributed by atoms with Crippen LogP contribution in [0.4, 0.5) is 5.69 Å². The smallest absolute Gasteiger partial charge is 0.314 e. The molecule has 1 aromatic rings. The van der Waals surface area contributed by atoms with Gasteiger partial charge in [-0.2, -0.15) is 0 Å². The Morgan fingerprint density at radius 3 is 2.59 bits per heavy atom. The van der Waals surface area contributed by atoms with Crippen molar-refractivity contribution in [1.82, 2.24) is 0 Å². The maximum Gasteiger partial charge on any atom is 0.314 e. The second-order valence-electron chi connectivity index (χ2n) is 7.77. The van der Waals surface area contributed by atoms with Crippen molar-refractivity contribution in [2.24, 2.45) is 5.92 Å². The molecule has 3 atom stereocenters. The summed E-state index contributed by atoms with van der Waals surface area (Å²) in [4.78, 5) is 40.0. The number of esters is 1. The molecule has 2 aliphatic rings. The third kappa shape index (κ3) is 4.05. The number of hydrogen-bond acceptors (Lipinski definition) is 4. The maximum atomic E-state index is 13.0. The number of benzene rings is 1. The van der Waals surface area contributed by atoms with E-state index in [0.717, 1.165) is 24.3 Å². The highest BCUT2D eigenvalue weighted by Gasteiger charge is 2.47. The van der Waals surface area contributed by atoms with E-state index in [2.05, 4.69) is 13.8 Å². The first-order valence-corrected chi connectivity index (χ1v) is 9.90. The van der Waals surface area contributed by atoms with Gasteiger partial charge in [-0.15, -0.1) is 0 Å². The number of ether oxygens (including phenoxy) is 1. The van der Waals surface area contributed by atoms with E-state index in [-0.39, 0.29) is 30.1 Å². The number of quaternary nitrogens is 1. The van der Waals surface area contributed by atoms with Crippen molar-refractivity contribution in [1.29, 1.82) is 0 Å². The minimum absolute atomic E-state index is 0.156. The summed E-state index contributed by atoms with van der Waals surface area (Å²) in [5.41, 5.74) is 1.81. The minimum atomic E-state index is -0.403. The third-order valence-electron chi connectivity index (χ3n) is 5.64. The zero-order chi connectivity index (χ0) is 19.6. The van der Waals surface area contributed by atoms with Crippen LogP contribution in [0.1, 0.15) is 51.5 Å². The van der Waals surface area contributed by atoms with E-state index < -0.39 is 6.04 Å². The lowest BCUT2D eigenvalue weighted by Crippen LogP contribution is -3.18. The van der Waals surface area contributed by atoms with Crippen molar-refractivity contribution >= 4 is 23.5 Å². The highest BCUT2D eigenvalue weighted by atomic mass is 16.5. The highest BCUT2D eigenvalue weighted by molar-refractivity contribution is 6.21. The van der Waals surface area contributed by atoms with Crippen LogP contribution in [-0.4, -0.2) is 43.5 Å². The van der Waals surface area contributed by atoms with Crippen LogP contribution in [0.15, 0.2) is 24.3 Å². The molecule has 2 heterocycles. The standard InChI is InChI=1S/C21H28N2O4/c1-4-27-21(26)16-6-5-11-22(13-16)18-12-19(24)23(20(18)25)17-9-7-15(8-10-17)14(2)3/h7-10,14,16,18H,4-6,11-13H2,1-3H3/p+1/t16-,18+/m0/s1. The fourth-order valence-corrected chi connectivity index (χ4v) is 4.10. The Hall–Kier alpha value is -2.21. The maximum absolute atomic E-state index is 13.0. The summed E-state index contributed by atoms with van der Waals surface area (Å²) in [7, 11) is 0. The van der Waals surface area contributed by atoms with Gasteiger partial charge in [-0.3, -0.25) is 14.4 Å². The minimum Gasteiger partial charge on any atom is -0.466 e. The molecule has 0 radical (unpaired) electrons. The number of anilines is 1. The molecule has 1 N–H and O–H groups in total. The van der Waals surface area contributed by atoms with E-state index in [9.17, 15) is 14.4 Å². The first-order valence-electron chi connectivity index (χ1n) is 9.90. The van der Waals surface area contributed by atoms with Crippen molar-refractivity contribution in [2.45, 2.75) is 52.0 Å². The third-order valence-corrected chi connectivity index (χ3v) is 5.64. The molecule has 2 fully saturated rings. The molecule has 2 amide bonds. The number of rotatable bonds is 5. The van der Waals surface area contributed by atoms with Gasteiger partial charge >= 0.3 is 5.97 Å². The molecule has 0 saturated carbocycles. The zero-order valence-electron chi connectivity index (χ0n) is 16.4. The van der Waals surface area contributed by atoms with Gasteiger partial charge in [-0.1, -0.05) is 26.0 Å². The van der Waals surface area contributed by atoms with Crippen LogP contribution >= 0.6 is 0 Å². The number of hydrogen-bond donors (Lipinski definition) is 1. The van der Waals surface area contributed by atoms with Crippen molar-refractivity contribution in [3.63, 3.8) is 0 Å². The molecule has 2 saturated heterocycles. The number of nitrogens with one attached hydrogen (secondary N) is 1. The normalized spacial score (nSPS) is 25.9. The van der Waals surface area contributed by atoms with Crippen LogP contribution in [0.2, 0.25) is 0 Å². The van der Waals surface area contributed by atoms with Crippen molar-refractivity contribution in [3.8, 4) is 0 Å². The zero-order valence-corrected chi connectivity index (χ0v) is 16.4. The molecule has 0 bridgehead atoms. The van der Waals surface area contributed by atoms with Gasteiger partial charge in [0.15, 0.2) is 6.04 Å². The second-order valence-corrected chi connectivity index (χ2v) is 7.77. The Morgan fingerprint density at radius 2 is 1.96 bits per heavy atom. The van der Waals surface area contributed by atoms with Gasteiger partial charge < -0.3 is 9.64 Å². The van der Waals surface area contributed by atoms with E-state index in [4.69, 9.17) is 4.74 Å². The Bertz CT molecular complexity index is 713. The summed E-state index contributed by atoms with van der Waals surface area (Å²) < 4.78 is 5.15. The molecule has 2 aliphatic heterocycles. The summed E-state index contributed by atoms with van der Waals surface area (Å²) in [6, 6.07) is 7.23. The lowest BCUT2D eigenvalue weighted by atomic mass is 9.96. The summed E-state index contributed by atoms with van der Waals surface area (Å²) in [6.45, 7) is 7.74. The van der Waals surface area contributed by atoms with Gasteiger partial charge in [0.25, 0.3) is 5.91 Å². The van der Waals surface area contributed by atoms with Gasteiger partial charge in [0.1, 0.15) is 5.92 Å². The number of imide groups is 1. The predicted octanol–water partition coefficient (Wildman–Crippen LogP) is 1.30.